The van der Waals surface area contributed by atoms with E-state index in [1.54, 1.807) is 4.31 Å². The molecule has 2 aliphatic heterocycles. The first-order chi connectivity index (χ1) is 9.93. The topological polar surface area (TPSA) is 82.7 Å². The number of fused-ring (bicyclic) bond motifs is 2. The van der Waals surface area contributed by atoms with Gasteiger partial charge in [-0.15, -0.1) is 0 Å². The highest BCUT2D eigenvalue weighted by Gasteiger charge is 2.46. The molecule has 0 aliphatic carbocycles. The Balaban J connectivity index is 1.91. The van der Waals surface area contributed by atoms with Gasteiger partial charge in [-0.3, -0.25) is 0 Å². The van der Waals surface area contributed by atoms with E-state index in [0.29, 0.717) is 0 Å². The minimum atomic E-state index is -3.57. The second kappa shape index (κ2) is 5.11. The van der Waals surface area contributed by atoms with E-state index in [2.05, 4.69) is 14.6 Å². The van der Waals surface area contributed by atoms with Crippen LogP contribution in [0.4, 0.5) is 0 Å². The summed E-state index contributed by atoms with van der Waals surface area (Å²) in [6, 6.07) is 1.39. The van der Waals surface area contributed by atoms with Gasteiger partial charge in [-0.25, -0.2) is 13.2 Å². The number of aromatic amines is 1. The fourth-order valence-electron chi connectivity index (χ4n) is 3.34. The maximum Gasteiger partial charge on any atom is 0.354 e. The van der Waals surface area contributed by atoms with Crippen LogP contribution in [0.5, 0.6) is 0 Å². The molecule has 3 rings (SSSR count). The fourth-order valence-corrected chi connectivity index (χ4v) is 5.19. The largest absolute Gasteiger partial charge is 0.464 e. The van der Waals surface area contributed by atoms with Crippen LogP contribution in [-0.4, -0.2) is 67.9 Å². The first-order valence-electron chi connectivity index (χ1n) is 6.92. The zero-order valence-electron chi connectivity index (χ0n) is 12.1. The molecular formula is C13H19N3O4S. The predicted molar refractivity (Wildman–Crippen MR) is 75.5 cm³/mol. The van der Waals surface area contributed by atoms with E-state index in [9.17, 15) is 13.2 Å². The molecule has 2 unspecified atom stereocenters. The number of carbonyl (C=O) groups is 1. The molecule has 0 spiro atoms. The number of esters is 1. The Morgan fingerprint density at radius 1 is 1.33 bits per heavy atom. The summed E-state index contributed by atoms with van der Waals surface area (Å²) in [6.45, 7) is 1.51. The van der Waals surface area contributed by atoms with Gasteiger partial charge in [-0.1, -0.05) is 0 Å². The Morgan fingerprint density at radius 3 is 2.52 bits per heavy atom. The lowest BCUT2D eigenvalue weighted by Crippen LogP contribution is -2.54. The monoisotopic (exact) mass is 313 g/mol. The van der Waals surface area contributed by atoms with E-state index >= 15 is 0 Å². The third-order valence-electron chi connectivity index (χ3n) is 4.23. The lowest BCUT2D eigenvalue weighted by atomic mass is 10.2. The third-order valence-corrected chi connectivity index (χ3v) is 6.22. The van der Waals surface area contributed by atoms with E-state index in [1.165, 1.54) is 19.4 Å². The quantitative estimate of drug-likeness (QED) is 0.810. The molecule has 3 heterocycles. The first kappa shape index (κ1) is 14.6. The highest BCUT2D eigenvalue weighted by atomic mass is 32.2. The number of likely N-dealkylation sites (tertiary alicyclic amines) is 1. The number of nitrogens with one attached hydrogen (secondary N) is 1. The molecule has 2 bridgehead atoms. The molecule has 1 aromatic heterocycles. The Kier molecular flexibility index (Phi) is 3.54. The van der Waals surface area contributed by atoms with Crippen LogP contribution in [0.2, 0.25) is 0 Å². The number of nitrogens with zero attached hydrogens (tertiary/aromatic N) is 2. The van der Waals surface area contributed by atoms with Crippen molar-refractivity contribution >= 4 is 16.0 Å². The lowest BCUT2D eigenvalue weighted by Gasteiger charge is -2.38. The Bertz CT molecular complexity index is 640. The predicted octanol–water partition coefficient (Wildman–Crippen LogP) is 0.268. The molecule has 2 fully saturated rings. The van der Waals surface area contributed by atoms with Crippen molar-refractivity contribution < 1.29 is 17.9 Å². The number of rotatable bonds is 3. The summed E-state index contributed by atoms with van der Waals surface area (Å²) in [7, 11) is -0.298. The second-order valence-electron chi connectivity index (χ2n) is 5.68. The number of carbonyl (C=O) groups excluding carboxylic acids is 1. The Labute approximate surface area is 123 Å². The van der Waals surface area contributed by atoms with E-state index in [-0.39, 0.29) is 22.7 Å². The smallest absolute Gasteiger partial charge is 0.354 e. The van der Waals surface area contributed by atoms with Crippen molar-refractivity contribution in [3.63, 3.8) is 0 Å². The minimum absolute atomic E-state index is 0.0234. The standard InChI is InChI=1S/C13H19N3O4S/c1-15-7-9-3-4-10(8-15)16(9)21(18,19)11-5-12(14-6-11)13(17)20-2/h5-6,9-10,14H,3-4,7-8H2,1-2H3. The lowest BCUT2D eigenvalue weighted by molar-refractivity contribution is 0.0595. The Hall–Kier alpha value is -1.38. The van der Waals surface area contributed by atoms with Gasteiger partial charge >= 0.3 is 5.97 Å². The van der Waals surface area contributed by atoms with Crippen molar-refractivity contribution in [3.05, 3.63) is 18.0 Å². The molecule has 0 aromatic carbocycles. The van der Waals surface area contributed by atoms with Gasteiger partial charge in [-0.05, 0) is 26.0 Å². The fraction of sp³-hybridized carbons (Fsp3) is 0.615. The maximum absolute atomic E-state index is 12.8. The number of piperazine rings is 1. The number of aromatic nitrogens is 1. The number of sulfonamides is 1. The zero-order chi connectivity index (χ0) is 15.2. The summed E-state index contributed by atoms with van der Waals surface area (Å²) >= 11 is 0. The molecular weight excluding hydrogens is 294 g/mol. The van der Waals surface area contributed by atoms with Crippen molar-refractivity contribution in [2.45, 2.75) is 29.8 Å². The molecule has 2 aliphatic rings. The molecule has 116 valence electrons. The van der Waals surface area contributed by atoms with Crippen LogP contribution in [0, 0.1) is 0 Å². The first-order valence-corrected chi connectivity index (χ1v) is 8.36. The Morgan fingerprint density at radius 2 is 1.95 bits per heavy atom. The summed E-state index contributed by atoms with van der Waals surface area (Å²) in [6.07, 6.45) is 3.14. The van der Waals surface area contributed by atoms with Gasteiger partial charge in [0.1, 0.15) is 10.6 Å². The van der Waals surface area contributed by atoms with E-state index in [4.69, 9.17) is 0 Å². The summed E-state index contributed by atoms with van der Waals surface area (Å²) in [4.78, 5) is 16.4. The third kappa shape index (κ3) is 2.37. The van der Waals surface area contributed by atoms with Gasteiger partial charge in [-0.2, -0.15) is 4.31 Å². The number of ether oxygens (including phenoxy) is 1. The second-order valence-corrected chi connectivity index (χ2v) is 7.52. The molecule has 2 atom stereocenters. The number of hydrogen-bond acceptors (Lipinski definition) is 5. The number of hydrogen-bond donors (Lipinski definition) is 1. The average Bonchev–Trinajstić information content (AvgIpc) is 3.03. The van der Waals surface area contributed by atoms with Crippen LogP contribution < -0.4 is 0 Å². The van der Waals surface area contributed by atoms with Crippen molar-refractivity contribution in [1.29, 1.82) is 0 Å². The molecule has 0 amide bonds. The molecule has 21 heavy (non-hydrogen) atoms. The SMILES string of the molecule is COC(=O)c1cc(S(=O)(=O)N2C3CCC2CN(C)C3)c[nH]1. The highest BCUT2D eigenvalue weighted by Crippen LogP contribution is 2.34. The molecule has 0 saturated carbocycles. The number of methoxy groups -OCH3 is 1. The van der Waals surface area contributed by atoms with Crippen LogP contribution in [-0.2, 0) is 14.8 Å². The van der Waals surface area contributed by atoms with Crippen LogP contribution in [0.15, 0.2) is 17.2 Å². The summed E-state index contributed by atoms with van der Waals surface area (Å²) < 4.78 is 31.8. The van der Waals surface area contributed by atoms with Crippen molar-refractivity contribution in [2.75, 3.05) is 27.2 Å². The molecule has 1 N–H and O–H groups in total. The van der Waals surface area contributed by atoms with Gasteiger partial charge in [0.15, 0.2) is 0 Å². The molecule has 2 saturated heterocycles. The summed E-state index contributed by atoms with van der Waals surface area (Å²) in [5, 5.41) is 0. The van der Waals surface area contributed by atoms with Gasteiger partial charge in [0.2, 0.25) is 10.0 Å². The van der Waals surface area contributed by atoms with Gasteiger partial charge in [0.05, 0.1) is 7.11 Å². The maximum atomic E-state index is 12.8. The van der Waals surface area contributed by atoms with Crippen molar-refractivity contribution in [2.24, 2.45) is 0 Å². The number of likely N-dealkylation sites (N-methyl/N-ethyl adjacent to an activating group) is 1. The summed E-state index contributed by atoms with van der Waals surface area (Å²) in [5.41, 5.74) is 0.151. The van der Waals surface area contributed by atoms with Gasteiger partial charge in [0.25, 0.3) is 0 Å². The van der Waals surface area contributed by atoms with E-state index in [0.717, 1.165) is 25.9 Å². The molecule has 8 heteroatoms. The van der Waals surface area contributed by atoms with E-state index in [1.807, 2.05) is 7.05 Å². The minimum Gasteiger partial charge on any atom is -0.464 e. The van der Waals surface area contributed by atoms with Crippen LogP contribution in [0.1, 0.15) is 23.3 Å². The van der Waals surface area contributed by atoms with Crippen molar-refractivity contribution in [3.8, 4) is 0 Å². The molecule has 0 radical (unpaired) electrons. The van der Waals surface area contributed by atoms with E-state index < -0.39 is 16.0 Å². The van der Waals surface area contributed by atoms with Crippen LogP contribution in [0.25, 0.3) is 0 Å². The van der Waals surface area contributed by atoms with Crippen LogP contribution in [0.3, 0.4) is 0 Å². The molecule has 1 aromatic rings. The normalized spacial score (nSPS) is 27.0. The summed E-state index contributed by atoms with van der Waals surface area (Å²) in [5.74, 6) is -0.571. The van der Waals surface area contributed by atoms with Crippen LogP contribution >= 0.6 is 0 Å². The zero-order valence-corrected chi connectivity index (χ0v) is 12.9. The van der Waals surface area contributed by atoms with Crippen molar-refractivity contribution in [1.82, 2.24) is 14.2 Å². The molecule has 7 nitrogen and oxygen atoms in total. The number of H-pyrrole nitrogens is 1. The van der Waals surface area contributed by atoms with Gasteiger partial charge in [0, 0.05) is 31.4 Å². The highest BCUT2D eigenvalue weighted by molar-refractivity contribution is 7.89. The average molecular weight is 313 g/mol. The van der Waals surface area contributed by atoms with Gasteiger partial charge < -0.3 is 14.6 Å².